The second kappa shape index (κ2) is 5.96. The van der Waals surface area contributed by atoms with Gasteiger partial charge in [0.05, 0.1) is 12.2 Å². The lowest BCUT2D eigenvalue weighted by atomic mass is 9.98. The van der Waals surface area contributed by atoms with Crippen LogP contribution in [0.2, 0.25) is 0 Å². The highest BCUT2D eigenvalue weighted by Gasteiger charge is 2.25. The van der Waals surface area contributed by atoms with Crippen LogP contribution >= 0.6 is 0 Å². The molecular formula is C14H21N3O. The number of nitrogens with zero attached hydrogens (tertiary/aromatic N) is 2. The lowest BCUT2D eigenvalue weighted by Gasteiger charge is -2.31. The molecule has 2 rings (SSSR count). The normalized spacial score (nSPS) is 15.5. The zero-order valence-corrected chi connectivity index (χ0v) is 11.1. The molecule has 1 amide bonds. The van der Waals surface area contributed by atoms with Crippen LogP contribution in [0.1, 0.15) is 26.0 Å². The van der Waals surface area contributed by atoms with Crippen LogP contribution in [-0.4, -0.2) is 34.9 Å². The minimum absolute atomic E-state index is 0.215. The second-order valence-electron chi connectivity index (χ2n) is 5.16. The van der Waals surface area contributed by atoms with Gasteiger partial charge in [-0.1, -0.05) is 6.07 Å². The van der Waals surface area contributed by atoms with E-state index in [9.17, 15) is 4.79 Å². The highest BCUT2D eigenvalue weighted by molar-refractivity contribution is 5.76. The molecule has 2 heterocycles. The van der Waals surface area contributed by atoms with Gasteiger partial charge in [-0.25, -0.2) is 0 Å². The maximum atomic E-state index is 12.3. The van der Waals surface area contributed by atoms with Crippen molar-refractivity contribution in [1.29, 1.82) is 0 Å². The topological polar surface area (TPSA) is 45.2 Å². The SMILES string of the molecule is CC(C)N(Cc1ccccn1)C(=O)CC1CNC1. The van der Waals surface area contributed by atoms with Crippen molar-refractivity contribution >= 4 is 5.91 Å². The Balaban J connectivity index is 1.96. The summed E-state index contributed by atoms with van der Waals surface area (Å²) in [6, 6.07) is 6.03. The molecule has 0 radical (unpaired) electrons. The molecule has 0 atom stereocenters. The summed E-state index contributed by atoms with van der Waals surface area (Å²) in [5, 5.41) is 3.20. The predicted molar refractivity (Wildman–Crippen MR) is 70.9 cm³/mol. The van der Waals surface area contributed by atoms with Crippen molar-refractivity contribution in [3.05, 3.63) is 30.1 Å². The molecule has 1 aliphatic rings. The van der Waals surface area contributed by atoms with Gasteiger partial charge in [-0.15, -0.1) is 0 Å². The molecule has 0 aliphatic carbocycles. The fourth-order valence-corrected chi connectivity index (χ4v) is 2.08. The number of amides is 1. The highest BCUT2D eigenvalue weighted by Crippen LogP contribution is 2.14. The summed E-state index contributed by atoms with van der Waals surface area (Å²) in [5.41, 5.74) is 0.950. The van der Waals surface area contributed by atoms with Gasteiger partial charge < -0.3 is 10.2 Å². The van der Waals surface area contributed by atoms with E-state index in [1.54, 1.807) is 6.20 Å². The average molecular weight is 247 g/mol. The molecule has 1 saturated heterocycles. The van der Waals surface area contributed by atoms with E-state index in [1.165, 1.54) is 0 Å². The van der Waals surface area contributed by atoms with Gasteiger partial charge in [-0.3, -0.25) is 9.78 Å². The second-order valence-corrected chi connectivity index (χ2v) is 5.16. The Labute approximate surface area is 108 Å². The first-order valence-electron chi connectivity index (χ1n) is 6.57. The van der Waals surface area contributed by atoms with Gasteiger partial charge in [0.15, 0.2) is 0 Å². The van der Waals surface area contributed by atoms with E-state index in [0.717, 1.165) is 18.8 Å². The number of nitrogens with one attached hydrogen (secondary N) is 1. The molecule has 0 spiro atoms. The predicted octanol–water partition coefficient (Wildman–Crippen LogP) is 1.43. The van der Waals surface area contributed by atoms with E-state index in [2.05, 4.69) is 24.1 Å². The van der Waals surface area contributed by atoms with Gasteiger partial charge in [-0.05, 0) is 45.0 Å². The van der Waals surface area contributed by atoms with Crippen molar-refractivity contribution in [3.63, 3.8) is 0 Å². The summed E-state index contributed by atoms with van der Waals surface area (Å²) in [7, 11) is 0. The smallest absolute Gasteiger partial charge is 0.223 e. The Morgan fingerprint density at radius 1 is 1.50 bits per heavy atom. The summed E-state index contributed by atoms with van der Waals surface area (Å²) in [4.78, 5) is 18.5. The van der Waals surface area contributed by atoms with Crippen molar-refractivity contribution in [2.24, 2.45) is 5.92 Å². The molecule has 0 saturated carbocycles. The van der Waals surface area contributed by atoms with Gasteiger partial charge in [0.1, 0.15) is 0 Å². The molecule has 0 unspecified atom stereocenters. The van der Waals surface area contributed by atoms with Crippen molar-refractivity contribution in [2.45, 2.75) is 32.9 Å². The number of carbonyl (C=O) groups is 1. The third-order valence-corrected chi connectivity index (χ3v) is 3.33. The monoisotopic (exact) mass is 247 g/mol. The molecule has 18 heavy (non-hydrogen) atoms. The maximum Gasteiger partial charge on any atom is 0.223 e. The highest BCUT2D eigenvalue weighted by atomic mass is 16.2. The molecule has 0 aromatic carbocycles. The number of rotatable bonds is 5. The Kier molecular flexibility index (Phi) is 4.31. The van der Waals surface area contributed by atoms with Crippen molar-refractivity contribution in [2.75, 3.05) is 13.1 Å². The first kappa shape index (κ1) is 13.0. The average Bonchev–Trinajstić information content (AvgIpc) is 2.31. The molecule has 1 N–H and O–H groups in total. The van der Waals surface area contributed by atoms with Crippen LogP contribution in [0.15, 0.2) is 24.4 Å². The van der Waals surface area contributed by atoms with E-state index in [1.807, 2.05) is 23.1 Å². The lowest BCUT2D eigenvalue weighted by Crippen LogP contribution is -2.46. The van der Waals surface area contributed by atoms with Crippen LogP contribution in [0.3, 0.4) is 0 Å². The number of pyridine rings is 1. The van der Waals surface area contributed by atoms with Gasteiger partial charge in [0.25, 0.3) is 0 Å². The Bertz CT molecular complexity index is 387. The first-order chi connectivity index (χ1) is 8.66. The van der Waals surface area contributed by atoms with Gasteiger partial charge in [0, 0.05) is 18.7 Å². The van der Waals surface area contributed by atoms with E-state index in [4.69, 9.17) is 0 Å². The van der Waals surface area contributed by atoms with E-state index >= 15 is 0 Å². The molecule has 4 heteroatoms. The van der Waals surface area contributed by atoms with Crippen molar-refractivity contribution in [1.82, 2.24) is 15.2 Å². The summed E-state index contributed by atoms with van der Waals surface area (Å²) in [6.45, 7) is 6.67. The Morgan fingerprint density at radius 3 is 2.78 bits per heavy atom. The summed E-state index contributed by atoms with van der Waals surface area (Å²) in [5.74, 6) is 0.754. The largest absolute Gasteiger partial charge is 0.334 e. The minimum Gasteiger partial charge on any atom is -0.334 e. The van der Waals surface area contributed by atoms with Crippen molar-refractivity contribution < 1.29 is 4.79 Å². The van der Waals surface area contributed by atoms with E-state index < -0.39 is 0 Å². The van der Waals surface area contributed by atoms with Crippen molar-refractivity contribution in [3.8, 4) is 0 Å². The fraction of sp³-hybridized carbons (Fsp3) is 0.571. The number of hydrogen-bond acceptors (Lipinski definition) is 3. The van der Waals surface area contributed by atoms with Gasteiger partial charge >= 0.3 is 0 Å². The Hall–Kier alpha value is -1.42. The maximum absolute atomic E-state index is 12.3. The molecule has 4 nitrogen and oxygen atoms in total. The van der Waals surface area contributed by atoms with Crippen LogP contribution in [0.25, 0.3) is 0 Å². The zero-order valence-electron chi connectivity index (χ0n) is 11.1. The first-order valence-corrected chi connectivity index (χ1v) is 6.57. The van der Waals surface area contributed by atoms with Crippen LogP contribution in [0, 0.1) is 5.92 Å². The fourth-order valence-electron chi connectivity index (χ4n) is 2.08. The Morgan fingerprint density at radius 2 is 2.28 bits per heavy atom. The molecule has 1 aromatic rings. The summed E-state index contributed by atoms with van der Waals surface area (Å²) < 4.78 is 0. The third-order valence-electron chi connectivity index (χ3n) is 3.33. The van der Waals surface area contributed by atoms with Crippen LogP contribution in [0.5, 0.6) is 0 Å². The van der Waals surface area contributed by atoms with Crippen LogP contribution in [0.4, 0.5) is 0 Å². The lowest BCUT2D eigenvalue weighted by molar-refractivity contribution is -0.135. The molecule has 98 valence electrons. The third kappa shape index (κ3) is 3.29. The summed E-state index contributed by atoms with van der Waals surface area (Å²) in [6.07, 6.45) is 2.42. The minimum atomic E-state index is 0.215. The number of aromatic nitrogens is 1. The number of carbonyl (C=O) groups excluding carboxylic acids is 1. The van der Waals surface area contributed by atoms with Gasteiger partial charge in [-0.2, -0.15) is 0 Å². The van der Waals surface area contributed by atoms with Gasteiger partial charge in [0.2, 0.25) is 5.91 Å². The van der Waals surface area contributed by atoms with Crippen LogP contribution in [-0.2, 0) is 11.3 Å². The zero-order chi connectivity index (χ0) is 13.0. The molecule has 1 aromatic heterocycles. The van der Waals surface area contributed by atoms with Crippen LogP contribution < -0.4 is 5.32 Å². The summed E-state index contributed by atoms with van der Waals surface area (Å²) >= 11 is 0. The standard InChI is InChI=1S/C14H21N3O/c1-11(2)17(10-13-5-3-4-6-16-13)14(18)7-12-8-15-9-12/h3-6,11-12,15H,7-10H2,1-2H3. The molecular weight excluding hydrogens is 226 g/mol. The molecule has 1 aliphatic heterocycles. The molecule has 1 fully saturated rings. The van der Waals surface area contributed by atoms with E-state index in [0.29, 0.717) is 18.9 Å². The van der Waals surface area contributed by atoms with E-state index in [-0.39, 0.29) is 11.9 Å². The quantitative estimate of drug-likeness (QED) is 0.856. The number of hydrogen-bond donors (Lipinski definition) is 1. The molecule has 0 bridgehead atoms.